The Hall–Kier alpha value is -2.76. The van der Waals surface area contributed by atoms with Crippen LogP contribution in [0.4, 0.5) is 13.2 Å². The number of rotatable bonds is 6. The maximum atomic E-state index is 12.9. The number of hydrogen-bond donors (Lipinski definition) is 0. The normalized spacial score (nSPS) is 12.9. The average Bonchev–Trinajstić information content (AvgIpc) is 2.66. The smallest absolute Gasteiger partial charge is 0.294 e. The lowest BCUT2D eigenvalue weighted by molar-refractivity contribution is -0.137. The van der Waals surface area contributed by atoms with E-state index in [0.29, 0.717) is 41.7 Å². The molecule has 0 saturated carbocycles. The molecule has 2 heterocycles. The van der Waals surface area contributed by atoms with E-state index in [1.54, 1.807) is 25.3 Å². The Bertz CT molecular complexity index is 998. The molecule has 3 rings (SSSR count). The predicted octanol–water partition coefficient (Wildman–Crippen LogP) is 6.11. The number of benzene rings is 1. The van der Waals surface area contributed by atoms with Crippen molar-refractivity contribution in [1.82, 2.24) is 9.97 Å². The van der Waals surface area contributed by atoms with Crippen molar-refractivity contribution in [2.75, 3.05) is 0 Å². The maximum absolute atomic E-state index is 12.9. The summed E-state index contributed by atoms with van der Waals surface area (Å²) in [5.41, 5.74) is 1.82. The molecule has 0 spiro atoms. The molecule has 0 aliphatic carbocycles. The minimum atomic E-state index is -4.35. The number of aromatic nitrogens is 2. The zero-order valence-corrected chi connectivity index (χ0v) is 15.8. The van der Waals surface area contributed by atoms with E-state index in [9.17, 15) is 18.0 Å². The first-order valence-corrected chi connectivity index (χ1v) is 9.18. The molecule has 0 N–H and O–H groups in total. The molecule has 3 aromatic rings. The van der Waals surface area contributed by atoms with Crippen molar-refractivity contribution in [3.8, 4) is 0 Å². The summed E-state index contributed by atoms with van der Waals surface area (Å²) in [5.74, 6) is -0.0675. The molecule has 1 atom stereocenters. The van der Waals surface area contributed by atoms with Crippen LogP contribution in [0.25, 0.3) is 11.0 Å². The Morgan fingerprint density at radius 3 is 2.68 bits per heavy atom. The summed E-state index contributed by atoms with van der Waals surface area (Å²) in [5, 5.41) is 0.814. The molecular weight excluding hydrogens is 365 g/mol. The molecule has 146 valence electrons. The molecule has 0 unspecified atom stereocenters. The number of pyridine rings is 2. The van der Waals surface area contributed by atoms with Gasteiger partial charge < -0.3 is 0 Å². The second-order valence-corrected chi connectivity index (χ2v) is 7.01. The van der Waals surface area contributed by atoms with Gasteiger partial charge in [-0.1, -0.05) is 25.1 Å². The van der Waals surface area contributed by atoms with Gasteiger partial charge in [0.2, 0.25) is 0 Å². The lowest BCUT2D eigenvalue weighted by Crippen LogP contribution is -2.07. The quantitative estimate of drug-likeness (QED) is 0.480. The third-order valence-corrected chi connectivity index (χ3v) is 4.90. The fourth-order valence-corrected chi connectivity index (χ4v) is 3.27. The van der Waals surface area contributed by atoms with Crippen LogP contribution in [-0.2, 0) is 6.18 Å². The SMILES string of the molecule is Cc1nc2ncccc2cc1C(=O)CCC[C@@H](C)c1cccc(C(F)(F)F)c1. The van der Waals surface area contributed by atoms with E-state index in [4.69, 9.17) is 0 Å². The van der Waals surface area contributed by atoms with Gasteiger partial charge in [-0.3, -0.25) is 4.79 Å². The van der Waals surface area contributed by atoms with E-state index in [2.05, 4.69) is 9.97 Å². The number of fused-ring (bicyclic) bond motifs is 1. The number of nitrogens with zero attached hydrogens (tertiary/aromatic N) is 2. The fourth-order valence-electron chi connectivity index (χ4n) is 3.27. The van der Waals surface area contributed by atoms with Crippen LogP contribution in [0.1, 0.15) is 59.3 Å². The fraction of sp³-hybridized carbons (Fsp3) is 0.318. The van der Waals surface area contributed by atoms with Crippen molar-refractivity contribution >= 4 is 16.8 Å². The van der Waals surface area contributed by atoms with Gasteiger partial charge in [0.25, 0.3) is 0 Å². The molecular formula is C22H21F3N2O. The highest BCUT2D eigenvalue weighted by Crippen LogP contribution is 2.32. The minimum Gasteiger partial charge on any atom is -0.294 e. The standard InChI is InChI=1S/C22H21F3N2O/c1-14(16-7-4-9-18(12-16)22(23,24)25)6-3-10-20(28)19-13-17-8-5-11-26-21(17)27-15(19)2/h4-5,7-9,11-14H,3,6,10H2,1-2H3/t14-/m1/s1. The molecule has 0 radical (unpaired) electrons. The number of alkyl halides is 3. The average molecular weight is 386 g/mol. The summed E-state index contributed by atoms with van der Waals surface area (Å²) in [4.78, 5) is 21.2. The molecule has 6 heteroatoms. The number of ketones is 1. The second kappa shape index (κ2) is 8.09. The highest BCUT2D eigenvalue weighted by Gasteiger charge is 2.30. The largest absolute Gasteiger partial charge is 0.416 e. The van der Waals surface area contributed by atoms with Crippen LogP contribution < -0.4 is 0 Å². The molecule has 0 fully saturated rings. The first-order valence-electron chi connectivity index (χ1n) is 9.18. The van der Waals surface area contributed by atoms with Crippen molar-refractivity contribution in [3.63, 3.8) is 0 Å². The topological polar surface area (TPSA) is 42.9 Å². The third kappa shape index (κ3) is 4.55. The van der Waals surface area contributed by atoms with E-state index >= 15 is 0 Å². The van der Waals surface area contributed by atoms with Gasteiger partial charge in [0.05, 0.1) is 11.3 Å². The van der Waals surface area contributed by atoms with Crippen LogP contribution in [0.15, 0.2) is 48.7 Å². The highest BCUT2D eigenvalue weighted by molar-refractivity contribution is 5.99. The molecule has 0 bridgehead atoms. The Morgan fingerprint density at radius 2 is 1.93 bits per heavy atom. The van der Waals surface area contributed by atoms with E-state index in [1.165, 1.54) is 12.1 Å². The van der Waals surface area contributed by atoms with E-state index in [-0.39, 0.29) is 11.7 Å². The number of aryl methyl sites for hydroxylation is 1. The van der Waals surface area contributed by atoms with Crippen LogP contribution >= 0.6 is 0 Å². The highest BCUT2D eigenvalue weighted by atomic mass is 19.4. The summed E-state index contributed by atoms with van der Waals surface area (Å²) in [6.45, 7) is 3.67. The van der Waals surface area contributed by atoms with Crippen molar-refractivity contribution in [2.45, 2.75) is 45.2 Å². The van der Waals surface area contributed by atoms with Crippen LogP contribution in [0, 0.1) is 6.92 Å². The summed E-state index contributed by atoms with van der Waals surface area (Å²) < 4.78 is 38.6. The molecule has 2 aromatic heterocycles. The predicted molar refractivity (Wildman–Crippen MR) is 102 cm³/mol. The lowest BCUT2D eigenvalue weighted by Gasteiger charge is -2.14. The van der Waals surface area contributed by atoms with E-state index < -0.39 is 11.7 Å². The first kappa shape index (κ1) is 20.0. The first-order chi connectivity index (χ1) is 13.3. The van der Waals surface area contributed by atoms with Crippen molar-refractivity contribution < 1.29 is 18.0 Å². The van der Waals surface area contributed by atoms with Crippen molar-refractivity contribution in [1.29, 1.82) is 0 Å². The zero-order chi connectivity index (χ0) is 20.3. The van der Waals surface area contributed by atoms with E-state index in [0.717, 1.165) is 11.5 Å². The number of halogens is 3. The van der Waals surface area contributed by atoms with Crippen molar-refractivity contribution in [2.24, 2.45) is 0 Å². The van der Waals surface area contributed by atoms with E-state index in [1.807, 2.05) is 19.1 Å². The second-order valence-electron chi connectivity index (χ2n) is 7.01. The van der Waals surface area contributed by atoms with Gasteiger partial charge >= 0.3 is 6.18 Å². The minimum absolute atomic E-state index is 0.00741. The molecule has 3 nitrogen and oxygen atoms in total. The lowest BCUT2D eigenvalue weighted by atomic mass is 9.92. The monoisotopic (exact) mass is 386 g/mol. The summed E-state index contributed by atoms with van der Waals surface area (Å²) in [6, 6.07) is 10.9. The van der Waals surface area contributed by atoms with Crippen LogP contribution in [0.2, 0.25) is 0 Å². The van der Waals surface area contributed by atoms with Crippen molar-refractivity contribution in [3.05, 3.63) is 71.0 Å². The molecule has 0 saturated heterocycles. The summed E-state index contributed by atoms with van der Waals surface area (Å²) >= 11 is 0. The number of carbonyl (C=O) groups excluding carboxylic acids is 1. The maximum Gasteiger partial charge on any atom is 0.416 e. The molecule has 0 aliphatic heterocycles. The third-order valence-electron chi connectivity index (χ3n) is 4.90. The van der Waals surface area contributed by atoms with Gasteiger partial charge in [-0.2, -0.15) is 13.2 Å². The van der Waals surface area contributed by atoms with Gasteiger partial charge in [0.15, 0.2) is 11.4 Å². The van der Waals surface area contributed by atoms with Crippen LogP contribution in [0.5, 0.6) is 0 Å². The Balaban J connectivity index is 1.63. The summed E-state index contributed by atoms with van der Waals surface area (Å²) in [7, 11) is 0. The van der Waals surface area contributed by atoms with Gasteiger partial charge in [0.1, 0.15) is 0 Å². The van der Waals surface area contributed by atoms with Gasteiger partial charge in [0, 0.05) is 23.6 Å². The molecule has 1 aromatic carbocycles. The van der Waals surface area contributed by atoms with Crippen LogP contribution in [-0.4, -0.2) is 15.8 Å². The summed E-state index contributed by atoms with van der Waals surface area (Å²) in [6.07, 6.45) is -1.13. The van der Waals surface area contributed by atoms with Gasteiger partial charge in [-0.15, -0.1) is 0 Å². The Morgan fingerprint density at radius 1 is 1.14 bits per heavy atom. The number of Topliss-reactive ketones (excluding diaryl/α,β-unsaturated/α-hetero) is 1. The Labute approximate surface area is 161 Å². The van der Waals surface area contributed by atoms with Gasteiger partial charge in [-0.25, -0.2) is 9.97 Å². The zero-order valence-electron chi connectivity index (χ0n) is 15.8. The van der Waals surface area contributed by atoms with Crippen LogP contribution in [0.3, 0.4) is 0 Å². The molecule has 0 amide bonds. The number of hydrogen-bond acceptors (Lipinski definition) is 3. The molecule has 0 aliphatic rings. The molecule has 28 heavy (non-hydrogen) atoms. The number of carbonyl (C=O) groups is 1. The van der Waals surface area contributed by atoms with Gasteiger partial charge in [-0.05, 0) is 55.5 Å². The Kier molecular flexibility index (Phi) is 5.77.